The molecule has 0 fully saturated rings. The van der Waals surface area contributed by atoms with Gasteiger partial charge in [0, 0.05) is 0 Å². The van der Waals surface area contributed by atoms with E-state index in [0.29, 0.717) is 5.57 Å². The van der Waals surface area contributed by atoms with E-state index < -0.39 is 17.7 Å². The van der Waals surface area contributed by atoms with Crippen molar-refractivity contribution in [1.29, 1.82) is 5.26 Å². The van der Waals surface area contributed by atoms with Crippen molar-refractivity contribution in [1.82, 2.24) is 0 Å². The van der Waals surface area contributed by atoms with Gasteiger partial charge in [-0.2, -0.15) is 18.4 Å². The van der Waals surface area contributed by atoms with E-state index in [1.165, 1.54) is 0 Å². The van der Waals surface area contributed by atoms with Gasteiger partial charge in [0.15, 0.2) is 0 Å². The number of allylic oxidation sites excluding steroid dienone is 4. The summed E-state index contributed by atoms with van der Waals surface area (Å²) in [5, 5.41) is 8.49. The average molecular weight is 187 g/mol. The van der Waals surface area contributed by atoms with Crippen molar-refractivity contribution in [2.75, 3.05) is 0 Å². The fourth-order valence-corrected chi connectivity index (χ4v) is 1.24. The zero-order chi connectivity index (χ0) is 10.1. The van der Waals surface area contributed by atoms with Gasteiger partial charge in [-0.25, -0.2) is 0 Å². The van der Waals surface area contributed by atoms with Crippen molar-refractivity contribution in [3.63, 3.8) is 0 Å². The molecule has 0 spiro atoms. The molecule has 4 heteroatoms. The molecule has 13 heavy (non-hydrogen) atoms. The molecule has 1 aliphatic carbocycles. The van der Waals surface area contributed by atoms with Gasteiger partial charge < -0.3 is 0 Å². The normalized spacial score (nSPS) is 23.2. The van der Waals surface area contributed by atoms with Crippen LogP contribution in [0.1, 0.15) is 13.3 Å². The van der Waals surface area contributed by atoms with E-state index in [-0.39, 0.29) is 6.42 Å². The summed E-state index contributed by atoms with van der Waals surface area (Å²) in [6.45, 7) is 1.60. The minimum atomic E-state index is -4.38. The van der Waals surface area contributed by atoms with Gasteiger partial charge in [-0.15, -0.1) is 0 Å². The first-order chi connectivity index (χ1) is 5.95. The lowest BCUT2D eigenvalue weighted by atomic mass is 9.89. The smallest absolute Gasteiger partial charge is 0.198 e. The van der Waals surface area contributed by atoms with E-state index in [9.17, 15) is 13.2 Å². The fourth-order valence-electron chi connectivity index (χ4n) is 1.24. The number of hydrogen-bond acceptors (Lipinski definition) is 1. The molecule has 70 valence electrons. The van der Waals surface area contributed by atoms with E-state index in [1.54, 1.807) is 19.1 Å². The van der Waals surface area contributed by atoms with Crippen molar-refractivity contribution in [3.05, 3.63) is 23.3 Å². The number of rotatable bonds is 0. The summed E-state index contributed by atoms with van der Waals surface area (Å²) in [5.41, 5.74) is -0.158. The maximum atomic E-state index is 12.3. The highest BCUT2D eigenvalue weighted by atomic mass is 19.4. The summed E-state index contributed by atoms with van der Waals surface area (Å²) in [6.07, 6.45) is -1.54. The van der Waals surface area contributed by atoms with Crippen molar-refractivity contribution >= 4 is 0 Å². The zero-order valence-corrected chi connectivity index (χ0v) is 7.02. The van der Waals surface area contributed by atoms with Crippen LogP contribution >= 0.6 is 0 Å². The van der Waals surface area contributed by atoms with Crippen LogP contribution in [0.3, 0.4) is 0 Å². The molecule has 0 aromatic rings. The minimum absolute atomic E-state index is 0.160. The molecule has 0 bridgehead atoms. The van der Waals surface area contributed by atoms with Crippen molar-refractivity contribution < 1.29 is 13.2 Å². The van der Waals surface area contributed by atoms with Crippen LogP contribution in [0.2, 0.25) is 0 Å². The fraction of sp³-hybridized carbons (Fsp3) is 0.444. The molecule has 1 atom stereocenters. The van der Waals surface area contributed by atoms with Crippen LogP contribution in [0, 0.1) is 17.2 Å². The predicted octanol–water partition coefficient (Wildman–Crippen LogP) is 2.96. The molecule has 0 amide bonds. The third-order valence-corrected chi connectivity index (χ3v) is 1.92. The van der Waals surface area contributed by atoms with Crippen molar-refractivity contribution in [2.45, 2.75) is 19.5 Å². The first-order valence-electron chi connectivity index (χ1n) is 3.80. The van der Waals surface area contributed by atoms with Crippen LogP contribution in [0.25, 0.3) is 0 Å². The number of nitrogens with zero attached hydrogens (tertiary/aromatic N) is 1. The third kappa shape index (κ3) is 2.11. The van der Waals surface area contributed by atoms with Crippen LogP contribution in [-0.4, -0.2) is 6.18 Å². The van der Waals surface area contributed by atoms with Gasteiger partial charge in [-0.05, 0) is 13.3 Å². The first-order valence-corrected chi connectivity index (χ1v) is 3.80. The molecule has 0 saturated carbocycles. The Morgan fingerprint density at radius 1 is 1.54 bits per heavy atom. The topological polar surface area (TPSA) is 23.8 Å². The molecule has 0 aliphatic heterocycles. The van der Waals surface area contributed by atoms with Gasteiger partial charge in [-0.1, -0.05) is 17.7 Å². The third-order valence-electron chi connectivity index (χ3n) is 1.92. The van der Waals surface area contributed by atoms with Gasteiger partial charge in [0.2, 0.25) is 0 Å². The molecule has 1 aliphatic rings. The Labute approximate surface area is 74.2 Å². The minimum Gasteiger partial charge on any atom is -0.198 e. The lowest BCUT2D eigenvalue weighted by Gasteiger charge is -2.19. The van der Waals surface area contributed by atoms with E-state index in [2.05, 4.69) is 0 Å². The van der Waals surface area contributed by atoms with E-state index in [0.717, 1.165) is 6.08 Å². The molecule has 1 nitrogen and oxygen atoms in total. The molecule has 0 heterocycles. The Kier molecular flexibility index (Phi) is 2.46. The molecule has 0 radical (unpaired) electrons. The second-order valence-electron chi connectivity index (χ2n) is 2.96. The van der Waals surface area contributed by atoms with Crippen LogP contribution in [0.4, 0.5) is 13.2 Å². The predicted molar refractivity (Wildman–Crippen MR) is 41.6 cm³/mol. The standard InChI is InChI=1S/C9H8F3N/c1-6-2-3-7(5-13)8(4-6)9(10,11)12/h2,4,7H,3H2,1H3. The summed E-state index contributed by atoms with van der Waals surface area (Å²) in [7, 11) is 0. The highest BCUT2D eigenvalue weighted by molar-refractivity contribution is 5.34. The number of halogens is 3. The molecule has 0 aromatic carbocycles. The van der Waals surface area contributed by atoms with Crippen LogP contribution in [0.15, 0.2) is 23.3 Å². The van der Waals surface area contributed by atoms with Crippen molar-refractivity contribution in [3.8, 4) is 6.07 Å². The maximum absolute atomic E-state index is 12.3. The molecule has 1 rings (SSSR count). The number of hydrogen-bond donors (Lipinski definition) is 0. The summed E-state index contributed by atoms with van der Waals surface area (Å²) >= 11 is 0. The lowest BCUT2D eigenvalue weighted by Crippen LogP contribution is -2.20. The first kappa shape index (κ1) is 9.85. The summed E-state index contributed by atoms with van der Waals surface area (Å²) in [6, 6.07) is 1.65. The Bertz CT molecular complexity index is 304. The molecule has 0 saturated heterocycles. The van der Waals surface area contributed by atoms with Gasteiger partial charge in [0.25, 0.3) is 0 Å². The van der Waals surface area contributed by atoms with Gasteiger partial charge in [-0.3, -0.25) is 0 Å². The van der Waals surface area contributed by atoms with Gasteiger partial charge >= 0.3 is 6.18 Å². The van der Waals surface area contributed by atoms with Crippen molar-refractivity contribution in [2.24, 2.45) is 5.92 Å². The monoisotopic (exact) mass is 187 g/mol. The van der Waals surface area contributed by atoms with Gasteiger partial charge in [0.1, 0.15) is 0 Å². The van der Waals surface area contributed by atoms with Gasteiger partial charge in [0.05, 0.1) is 17.6 Å². The summed E-state index contributed by atoms with van der Waals surface area (Å²) < 4.78 is 36.9. The highest BCUT2D eigenvalue weighted by Gasteiger charge is 2.39. The Morgan fingerprint density at radius 3 is 2.62 bits per heavy atom. The maximum Gasteiger partial charge on any atom is 0.413 e. The SMILES string of the molecule is CC1=CCC(C#N)C(C(F)(F)F)=C1. The molecule has 0 aromatic heterocycles. The van der Waals surface area contributed by atoms with Crippen LogP contribution in [-0.2, 0) is 0 Å². The molecular weight excluding hydrogens is 179 g/mol. The largest absolute Gasteiger partial charge is 0.413 e. The van der Waals surface area contributed by atoms with E-state index >= 15 is 0 Å². The molecule has 1 unspecified atom stereocenters. The Balaban J connectivity index is 3.03. The second kappa shape index (κ2) is 3.25. The van der Waals surface area contributed by atoms with E-state index in [4.69, 9.17) is 5.26 Å². The Morgan fingerprint density at radius 2 is 2.15 bits per heavy atom. The summed E-state index contributed by atoms with van der Waals surface area (Å²) in [4.78, 5) is 0. The Hall–Kier alpha value is -1.24. The zero-order valence-electron chi connectivity index (χ0n) is 7.02. The second-order valence-corrected chi connectivity index (χ2v) is 2.96. The molecular formula is C9H8F3N. The van der Waals surface area contributed by atoms with Crippen LogP contribution < -0.4 is 0 Å². The summed E-state index contributed by atoms with van der Waals surface area (Å²) in [5.74, 6) is -1.04. The lowest BCUT2D eigenvalue weighted by molar-refractivity contribution is -0.0971. The quantitative estimate of drug-likeness (QED) is 0.572. The van der Waals surface area contributed by atoms with Crippen LogP contribution in [0.5, 0.6) is 0 Å². The number of alkyl halides is 3. The average Bonchev–Trinajstić information content (AvgIpc) is 2.03. The highest BCUT2D eigenvalue weighted by Crippen LogP contribution is 2.36. The molecule has 0 N–H and O–H groups in total. The number of nitriles is 1. The van der Waals surface area contributed by atoms with E-state index in [1.807, 2.05) is 0 Å².